The van der Waals surface area contributed by atoms with Gasteiger partial charge in [0, 0.05) is 17.8 Å². The zero-order valence-electron chi connectivity index (χ0n) is 19.5. The third-order valence-electron chi connectivity index (χ3n) is 5.09. The Morgan fingerprint density at radius 2 is 1.88 bits per heavy atom. The van der Waals surface area contributed by atoms with Gasteiger partial charge in [0.1, 0.15) is 0 Å². The number of nitrogens with zero attached hydrogens (tertiary/aromatic N) is 3. The van der Waals surface area contributed by atoms with E-state index in [1.165, 1.54) is 18.9 Å². The zero-order chi connectivity index (χ0) is 24.7. The molecule has 34 heavy (non-hydrogen) atoms. The van der Waals surface area contributed by atoms with Gasteiger partial charge in [0.05, 0.1) is 24.5 Å². The molecule has 2 aromatic carbocycles. The Bertz CT molecular complexity index is 1190. The molecule has 0 radical (unpaired) electrons. The lowest BCUT2D eigenvalue weighted by Gasteiger charge is -2.16. The van der Waals surface area contributed by atoms with E-state index in [-0.39, 0.29) is 23.6 Å². The van der Waals surface area contributed by atoms with E-state index in [2.05, 4.69) is 20.8 Å². The van der Waals surface area contributed by atoms with Gasteiger partial charge in [-0.05, 0) is 50.6 Å². The number of aromatic nitrogens is 3. The number of rotatable bonds is 9. The number of amides is 2. The molecule has 1 aromatic heterocycles. The number of methoxy groups -OCH3 is 1. The first-order valence-electron chi connectivity index (χ1n) is 10.7. The lowest BCUT2D eigenvalue weighted by molar-refractivity contribution is -0.113. The second kappa shape index (κ2) is 11.5. The van der Waals surface area contributed by atoms with Crippen molar-refractivity contribution in [2.45, 2.75) is 38.5 Å². The highest BCUT2D eigenvalue weighted by Crippen LogP contribution is 2.22. The van der Waals surface area contributed by atoms with Gasteiger partial charge in [-0.3, -0.25) is 9.59 Å². The molecular weight excluding hydrogens is 454 g/mol. The summed E-state index contributed by atoms with van der Waals surface area (Å²) in [6, 6.07) is 13.5. The average molecular weight is 482 g/mol. The summed E-state index contributed by atoms with van der Waals surface area (Å²) in [6.45, 7) is 6.27. The maximum absolute atomic E-state index is 12.7. The summed E-state index contributed by atoms with van der Waals surface area (Å²) in [5.74, 6) is -0.195. The molecule has 0 aliphatic rings. The molecule has 178 valence electrons. The van der Waals surface area contributed by atoms with Gasteiger partial charge in [-0.2, -0.15) is 0 Å². The van der Waals surface area contributed by atoms with Crippen LogP contribution in [-0.2, 0) is 16.1 Å². The van der Waals surface area contributed by atoms with Crippen molar-refractivity contribution in [3.05, 3.63) is 71.0 Å². The molecule has 9 nitrogen and oxygen atoms in total. The fourth-order valence-corrected chi connectivity index (χ4v) is 4.17. The second-order valence-corrected chi connectivity index (χ2v) is 8.45. The first-order chi connectivity index (χ1) is 16.3. The van der Waals surface area contributed by atoms with Gasteiger partial charge < -0.3 is 19.9 Å². The maximum Gasteiger partial charge on any atom is 0.337 e. The van der Waals surface area contributed by atoms with Crippen LogP contribution in [0.3, 0.4) is 0 Å². The molecule has 0 bridgehead atoms. The summed E-state index contributed by atoms with van der Waals surface area (Å²) >= 11 is 1.24. The summed E-state index contributed by atoms with van der Waals surface area (Å²) in [7, 11) is 1.30. The number of esters is 1. The van der Waals surface area contributed by atoms with Crippen LogP contribution in [0.2, 0.25) is 0 Å². The molecule has 1 atom stereocenters. The van der Waals surface area contributed by atoms with Crippen molar-refractivity contribution in [2.75, 3.05) is 18.2 Å². The van der Waals surface area contributed by atoms with Crippen LogP contribution in [0.5, 0.6) is 0 Å². The van der Waals surface area contributed by atoms with Crippen molar-refractivity contribution in [3.63, 3.8) is 0 Å². The lowest BCUT2D eigenvalue weighted by atomic mass is 10.1. The number of hydrogen-bond acceptors (Lipinski definition) is 7. The van der Waals surface area contributed by atoms with E-state index in [0.29, 0.717) is 34.3 Å². The number of ether oxygens (including phenoxy) is 1. The van der Waals surface area contributed by atoms with Crippen molar-refractivity contribution < 1.29 is 19.1 Å². The van der Waals surface area contributed by atoms with E-state index in [1.807, 2.05) is 43.5 Å². The Balaban J connectivity index is 1.63. The molecule has 0 aliphatic heterocycles. The monoisotopic (exact) mass is 481 g/mol. The van der Waals surface area contributed by atoms with Crippen LogP contribution >= 0.6 is 11.8 Å². The molecule has 0 spiro atoms. The van der Waals surface area contributed by atoms with Gasteiger partial charge in [-0.15, -0.1) is 10.2 Å². The fourth-order valence-electron chi connectivity index (χ4n) is 3.36. The summed E-state index contributed by atoms with van der Waals surface area (Å²) in [4.78, 5) is 36.8. The maximum atomic E-state index is 12.7. The summed E-state index contributed by atoms with van der Waals surface area (Å²) < 4.78 is 6.58. The highest BCUT2D eigenvalue weighted by Gasteiger charge is 2.21. The second-order valence-electron chi connectivity index (χ2n) is 7.50. The van der Waals surface area contributed by atoms with Crippen molar-refractivity contribution in [2.24, 2.45) is 0 Å². The Labute approximate surface area is 202 Å². The van der Waals surface area contributed by atoms with E-state index in [0.717, 1.165) is 5.56 Å². The number of anilines is 1. The highest BCUT2D eigenvalue weighted by molar-refractivity contribution is 7.99. The smallest absolute Gasteiger partial charge is 0.337 e. The molecule has 3 rings (SSSR count). The highest BCUT2D eigenvalue weighted by atomic mass is 32.2. The van der Waals surface area contributed by atoms with E-state index in [4.69, 9.17) is 4.74 Å². The molecular formula is C24H27N5O4S. The zero-order valence-corrected chi connectivity index (χ0v) is 20.3. The molecule has 2 amide bonds. The average Bonchev–Trinajstić information content (AvgIpc) is 3.25. The topological polar surface area (TPSA) is 115 Å². The molecule has 1 heterocycles. The van der Waals surface area contributed by atoms with Crippen LogP contribution in [0.4, 0.5) is 5.69 Å². The van der Waals surface area contributed by atoms with E-state index < -0.39 is 5.97 Å². The van der Waals surface area contributed by atoms with E-state index in [1.54, 1.807) is 30.3 Å². The molecule has 0 unspecified atom stereocenters. The van der Waals surface area contributed by atoms with Gasteiger partial charge in [0.25, 0.3) is 5.91 Å². The Morgan fingerprint density at radius 1 is 1.12 bits per heavy atom. The fraction of sp³-hybridized carbons (Fsp3) is 0.292. The van der Waals surface area contributed by atoms with Gasteiger partial charge in [-0.25, -0.2) is 4.79 Å². The Kier molecular flexibility index (Phi) is 8.42. The Hall–Kier alpha value is -3.66. The van der Waals surface area contributed by atoms with Crippen LogP contribution < -0.4 is 10.6 Å². The first kappa shape index (κ1) is 25.0. The predicted molar refractivity (Wildman–Crippen MR) is 130 cm³/mol. The third-order valence-corrected chi connectivity index (χ3v) is 6.05. The minimum atomic E-state index is -0.474. The molecule has 2 N–H and O–H groups in total. The Morgan fingerprint density at radius 3 is 2.59 bits per heavy atom. The number of hydrogen-bond donors (Lipinski definition) is 2. The SMILES string of the molecule is CCn1c(SCC(=O)Nc2cccc(C(=O)OC)c2)nnc1[C@@H](C)NC(=O)c1ccccc1C. The predicted octanol–water partition coefficient (Wildman–Crippen LogP) is 3.61. The van der Waals surface area contributed by atoms with Crippen molar-refractivity contribution in [1.82, 2.24) is 20.1 Å². The van der Waals surface area contributed by atoms with Crippen LogP contribution in [0, 0.1) is 6.92 Å². The van der Waals surface area contributed by atoms with Crippen molar-refractivity contribution >= 4 is 35.2 Å². The van der Waals surface area contributed by atoms with Crippen LogP contribution in [-0.4, -0.2) is 45.4 Å². The number of nitrogens with one attached hydrogen (secondary N) is 2. The van der Waals surface area contributed by atoms with Crippen molar-refractivity contribution in [3.8, 4) is 0 Å². The standard InChI is InChI=1S/C24H27N5O4S/c1-5-29-21(16(3)25-22(31)19-12-7-6-9-15(19)2)27-28-24(29)34-14-20(30)26-18-11-8-10-17(13-18)23(32)33-4/h6-13,16H,5,14H2,1-4H3,(H,25,31)(H,26,30)/t16-/m1/s1. The van der Waals surface area contributed by atoms with Crippen molar-refractivity contribution in [1.29, 1.82) is 0 Å². The third kappa shape index (κ3) is 6.02. The normalized spacial score (nSPS) is 11.5. The molecule has 3 aromatic rings. The first-order valence-corrected chi connectivity index (χ1v) is 11.7. The van der Waals surface area contributed by atoms with Crippen LogP contribution in [0.15, 0.2) is 53.7 Å². The van der Waals surface area contributed by atoms with Crippen LogP contribution in [0.1, 0.15) is 52.0 Å². The van der Waals surface area contributed by atoms with Gasteiger partial charge in [-0.1, -0.05) is 36.0 Å². The minimum absolute atomic E-state index is 0.102. The summed E-state index contributed by atoms with van der Waals surface area (Å²) in [5.41, 5.74) is 2.35. The molecule has 0 aliphatic carbocycles. The van der Waals surface area contributed by atoms with Gasteiger partial charge >= 0.3 is 5.97 Å². The molecule has 0 saturated heterocycles. The van der Waals surface area contributed by atoms with E-state index >= 15 is 0 Å². The van der Waals surface area contributed by atoms with Gasteiger partial charge in [0.2, 0.25) is 5.91 Å². The quantitative estimate of drug-likeness (QED) is 0.354. The molecule has 0 fully saturated rings. The molecule has 0 saturated carbocycles. The summed E-state index contributed by atoms with van der Waals surface area (Å²) in [6.07, 6.45) is 0. The summed E-state index contributed by atoms with van der Waals surface area (Å²) in [5, 5.41) is 14.8. The largest absolute Gasteiger partial charge is 0.465 e. The molecule has 10 heteroatoms. The van der Waals surface area contributed by atoms with Gasteiger partial charge in [0.15, 0.2) is 11.0 Å². The minimum Gasteiger partial charge on any atom is -0.465 e. The number of benzene rings is 2. The van der Waals surface area contributed by atoms with Crippen LogP contribution in [0.25, 0.3) is 0 Å². The number of aryl methyl sites for hydroxylation is 1. The number of carbonyl (C=O) groups excluding carboxylic acids is 3. The van der Waals surface area contributed by atoms with E-state index in [9.17, 15) is 14.4 Å². The number of carbonyl (C=O) groups is 3. The number of thioether (sulfide) groups is 1. The lowest BCUT2D eigenvalue weighted by Crippen LogP contribution is -2.29.